The number of fused-ring (bicyclic) bond motifs is 3. The van der Waals surface area contributed by atoms with Crippen molar-refractivity contribution in [3.63, 3.8) is 0 Å². The van der Waals surface area contributed by atoms with Crippen LogP contribution in [0.15, 0.2) is 97.1 Å². The molecule has 0 aliphatic heterocycles. The van der Waals surface area contributed by atoms with Crippen molar-refractivity contribution in [2.24, 2.45) is 0 Å². The van der Waals surface area contributed by atoms with Gasteiger partial charge in [0.05, 0.1) is 11.0 Å². The molecule has 4 aromatic carbocycles. The predicted molar refractivity (Wildman–Crippen MR) is 115 cm³/mol. The Morgan fingerprint density at radius 1 is 0.630 bits per heavy atom. The van der Waals surface area contributed by atoms with E-state index in [4.69, 9.17) is 0 Å². The number of rotatable bonds is 3. The lowest BCUT2D eigenvalue weighted by Gasteiger charge is -2.11. The molecule has 0 saturated heterocycles. The lowest BCUT2D eigenvalue weighted by atomic mass is 9.98. The van der Waals surface area contributed by atoms with E-state index in [0.717, 1.165) is 6.42 Å². The van der Waals surface area contributed by atoms with E-state index in [2.05, 4.69) is 109 Å². The minimum atomic E-state index is 0.957. The second kappa shape index (κ2) is 6.44. The van der Waals surface area contributed by atoms with Crippen LogP contribution in [0.5, 0.6) is 0 Å². The first-order valence-corrected chi connectivity index (χ1v) is 9.43. The van der Waals surface area contributed by atoms with Crippen LogP contribution in [0.3, 0.4) is 0 Å². The van der Waals surface area contributed by atoms with Gasteiger partial charge < -0.3 is 4.57 Å². The summed E-state index contributed by atoms with van der Waals surface area (Å²) in [7, 11) is 0. The fourth-order valence-electron chi connectivity index (χ4n) is 4.03. The third-order valence-electron chi connectivity index (χ3n) is 5.38. The zero-order valence-corrected chi connectivity index (χ0v) is 15.4. The van der Waals surface area contributed by atoms with Crippen molar-refractivity contribution in [2.75, 3.05) is 0 Å². The Bertz CT molecular complexity index is 1230. The van der Waals surface area contributed by atoms with Gasteiger partial charge in [-0.2, -0.15) is 0 Å². The molecule has 130 valence electrons. The Labute approximate surface area is 159 Å². The highest BCUT2D eigenvalue weighted by atomic mass is 15.0. The second-order valence-corrected chi connectivity index (χ2v) is 7.15. The van der Waals surface area contributed by atoms with Crippen molar-refractivity contribution >= 4 is 21.8 Å². The fourth-order valence-corrected chi connectivity index (χ4v) is 4.03. The Morgan fingerprint density at radius 2 is 1.30 bits per heavy atom. The molecule has 0 atom stereocenters. The lowest BCUT2D eigenvalue weighted by Crippen LogP contribution is -1.96. The molecule has 0 N–H and O–H groups in total. The first-order chi connectivity index (χ1) is 13.3. The molecular formula is C26H21N. The highest BCUT2D eigenvalue weighted by molar-refractivity contribution is 6.09. The van der Waals surface area contributed by atoms with Gasteiger partial charge in [0.15, 0.2) is 0 Å². The largest absolute Gasteiger partial charge is 0.309 e. The number of aryl methyl sites for hydroxylation is 1. The minimum Gasteiger partial charge on any atom is -0.309 e. The van der Waals surface area contributed by atoms with Gasteiger partial charge in [-0.15, -0.1) is 0 Å². The molecule has 27 heavy (non-hydrogen) atoms. The maximum absolute atomic E-state index is 2.39. The molecule has 1 heterocycles. The van der Waals surface area contributed by atoms with Crippen LogP contribution in [0.1, 0.15) is 16.7 Å². The van der Waals surface area contributed by atoms with E-state index in [9.17, 15) is 0 Å². The summed E-state index contributed by atoms with van der Waals surface area (Å²) in [5.41, 5.74) is 7.82. The summed E-state index contributed by atoms with van der Waals surface area (Å²) in [5.74, 6) is 0. The number of hydrogen-bond donors (Lipinski definition) is 0. The molecule has 0 unspecified atom stereocenters. The van der Waals surface area contributed by atoms with E-state index in [1.807, 2.05) is 0 Å². The van der Waals surface area contributed by atoms with Gasteiger partial charge in [-0.3, -0.25) is 0 Å². The molecule has 1 nitrogen and oxygen atoms in total. The zero-order chi connectivity index (χ0) is 18.2. The summed E-state index contributed by atoms with van der Waals surface area (Å²) in [6.07, 6.45) is 0.957. The number of aromatic nitrogens is 1. The summed E-state index contributed by atoms with van der Waals surface area (Å²) in [4.78, 5) is 0. The molecule has 5 aromatic rings. The molecular weight excluding hydrogens is 326 g/mol. The normalized spacial score (nSPS) is 11.3. The second-order valence-electron chi connectivity index (χ2n) is 7.15. The predicted octanol–water partition coefficient (Wildman–Crippen LogP) is 6.68. The quantitative estimate of drug-likeness (QED) is 0.343. The van der Waals surface area contributed by atoms with Crippen LogP contribution < -0.4 is 0 Å². The maximum atomic E-state index is 2.39. The lowest BCUT2D eigenvalue weighted by molar-refractivity contribution is 1.14. The molecule has 0 aliphatic carbocycles. The van der Waals surface area contributed by atoms with Crippen LogP contribution in [0, 0.1) is 6.92 Å². The standard InChI is InChI=1S/C26H21N/c1-19-16-24-23-14-8-9-15-25(23)27(22-12-6-3-7-13-22)26(24)18-21(19)17-20-10-4-2-5-11-20/h2-16,18H,17H2,1H3. The molecule has 0 amide bonds. The summed E-state index contributed by atoms with van der Waals surface area (Å²) < 4.78 is 2.39. The van der Waals surface area contributed by atoms with Crippen LogP contribution in [0.25, 0.3) is 27.5 Å². The topological polar surface area (TPSA) is 4.93 Å². The molecule has 0 saturated carbocycles. The van der Waals surface area contributed by atoms with Gasteiger partial charge in [-0.05, 0) is 60.4 Å². The van der Waals surface area contributed by atoms with Crippen molar-refractivity contribution < 1.29 is 0 Å². The van der Waals surface area contributed by atoms with Crippen LogP contribution in [-0.4, -0.2) is 4.57 Å². The van der Waals surface area contributed by atoms with E-state index in [1.165, 1.54) is 44.2 Å². The summed E-state index contributed by atoms with van der Waals surface area (Å²) in [6, 6.07) is 34.8. The van der Waals surface area contributed by atoms with Gasteiger partial charge in [0.2, 0.25) is 0 Å². The van der Waals surface area contributed by atoms with E-state index in [0.29, 0.717) is 0 Å². The molecule has 0 spiro atoms. The summed E-state index contributed by atoms with van der Waals surface area (Å²) >= 11 is 0. The van der Waals surface area contributed by atoms with Crippen molar-refractivity contribution in [1.29, 1.82) is 0 Å². The van der Waals surface area contributed by atoms with E-state index in [-0.39, 0.29) is 0 Å². The average Bonchev–Trinajstić information content (AvgIpc) is 3.03. The number of hydrogen-bond acceptors (Lipinski definition) is 0. The molecule has 0 aliphatic rings. The smallest absolute Gasteiger partial charge is 0.0544 e. The first-order valence-electron chi connectivity index (χ1n) is 9.43. The van der Waals surface area contributed by atoms with Gasteiger partial charge >= 0.3 is 0 Å². The Hall–Kier alpha value is -3.32. The van der Waals surface area contributed by atoms with Gasteiger partial charge in [0, 0.05) is 16.5 Å². The van der Waals surface area contributed by atoms with Crippen LogP contribution in [0.4, 0.5) is 0 Å². The number of nitrogens with zero attached hydrogens (tertiary/aromatic N) is 1. The Balaban J connectivity index is 1.79. The third-order valence-corrected chi connectivity index (χ3v) is 5.38. The fraction of sp³-hybridized carbons (Fsp3) is 0.0769. The third kappa shape index (κ3) is 2.72. The number of benzene rings is 4. The maximum Gasteiger partial charge on any atom is 0.0544 e. The molecule has 1 heteroatoms. The van der Waals surface area contributed by atoms with E-state index in [1.54, 1.807) is 0 Å². The van der Waals surface area contributed by atoms with Crippen molar-refractivity contribution in [2.45, 2.75) is 13.3 Å². The van der Waals surface area contributed by atoms with Crippen LogP contribution in [0.2, 0.25) is 0 Å². The monoisotopic (exact) mass is 347 g/mol. The van der Waals surface area contributed by atoms with Gasteiger partial charge in [-0.25, -0.2) is 0 Å². The summed E-state index contributed by atoms with van der Waals surface area (Å²) in [6.45, 7) is 2.23. The highest BCUT2D eigenvalue weighted by Crippen LogP contribution is 2.34. The zero-order valence-electron chi connectivity index (χ0n) is 15.4. The first kappa shape index (κ1) is 15.9. The molecule has 1 aromatic heterocycles. The highest BCUT2D eigenvalue weighted by Gasteiger charge is 2.14. The van der Waals surface area contributed by atoms with Crippen molar-refractivity contribution in [3.05, 3.63) is 114 Å². The van der Waals surface area contributed by atoms with Crippen LogP contribution >= 0.6 is 0 Å². The SMILES string of the molecule is Cc1cc2c3ccccc3n(-c3ccccc3)c2cc1Cc1ccccc1. The molecule has 0 fully saturated rings. The summed E-state index contributed by atoms with van der Waals surface area (Å²) in [5, 5.41) is 2.63. The Kier molecular flexibility index (Phi) is 3.79. The van der Waals surface area contributed by atoms with Gasteiger partial charge in [0.25, 0.3) is 0 Å². The van der Waals surface area contributed by atoms with E-state index >= 15 is 0 Å². The van der Waals surface area contributed by atoms with E-state index < -0.39 is 0 Å². The average molecular weight is 347 g/mol. The molecule has 0 bridgehead atoms. The molecule has 0 radical (unpaired) electrons. The van der Waals surface area contributed by atoms with Crippen molar-refractivity contribution in [3.8, 4) is 5.69 Å². The van der Waals surface area contributed by atoms with Crippen LogP contribution in [-0.2, 0) is 6.42 Å². The molecule has 5 rings (SSSR count). The Morgan fingerprint density at radius 3 is 2.07 bits per heavy atom. The van der Waals surface area contributed by atoms with Gasteiger partial charge in [-0.1, -0.05) is 66.7 Å². The minimum absolute atomic E-state index is 0.957. The van der Waals surface area contributed by atoms with Gasteiger partial charge in [0.1, 0.15) is 0 Å². The van der Waals surface area contributed by atoms with Crippen molar-refractivity contribution in [1.82, 2.24) is 4.57 Å². The number of para-hydroxylation sites is 2.